The number of sulfonamides is 1. The van der Waals surface area contributed by atoms with Gasteiger partial charge in [-0.1, -0.05) is 23.7 Å². The molecule has 2 heterocycles. The van der Waals surface area contributed by atoms with Crippen molar-refractivity contribution in [3.05, 3.63) is 57.4 Å². The van der Waals surface area contributed by atoms with Crippen molar-refractivity contribution in [1.82, 2.24) is 9.71 Å². The summed E-state index contributed by atoms with van der Waals surface area (Å²) in [6, 6.07) is 9.06. The largest absolute Gasteiger partial charge is 0.250 e. The maximum atomic E-state index is 12.4. The van der Waals surface area contributed by atoms with Crippen LogP contribution < -0.4 is 4.72 Å². The molecule has 2 aromatic heterocycles. The molecular weight excluding hydrogens is 384 g/mol. The van der Waals surface area contributed by atoms with Crippen molar-refractivity contribution in [3.63, 3.8) is 0 Å². The van der Waals surface area contributed by atoms with Crippen LogP contribution in [0.1, 0.15) is 11.3 Å². The van der Waals surface area contributed by atoms with E-state index in [1.807, 2.05) is 29.8 Å². The Bertz CT molecular complexity index is 930. The van der Waals surface area contributed by atoms with E-state index in [4.69, 9.17) is 11.6 Å². The molecule has 0 unspecified atom stereocenters. The predicted octanol–water partition coefficient (Wildman–Crippen LogP) is 4.35. The lowest BCUT2D eigenvalue weighted by molar-refractivity contribution is 0.584. The predicted molar refractivity (Wildman–Crippen MR) is 101 cm³/mol. The van der Waals surface area contributed by atoms with Gasteiger partial charge in [0.1, 0.15) is 9.22 Å². The van der Waals surface area contributed by atoms with E-state index in [1.165, 1.54) is 22.7 Å². The van der Waals surface area contributed by atoms with Crippen molar-refractivity contribution in [2.24, 2.45) is 0 Å². The van der Waals surface area contributed by atoms with E-state index in [-0.39, 0.29) is 0 Å². The third-order valence-electron chi connectivity index (χ3n) is 3.33. The van der Waals surface area contributed by atoms with Gasteiger partial charge in [-0.15, -0.1) is 22.7 Å². The van der Waals surface area contributed by atoms with Crippen LogP contribution in [-0.2, 0) is 16.4 Å². The van der Waals surface area contributed by atoms with Crippen LogP contribution in [-0.4, -0.2) is 19.9 Å². The fourth-order valence-corrected chi connectivity index (χ4v) is 5.34. The molecule has 0 radical (unpaired) electrons. The smallest absolute Gasteiger partial charge is 0.241 e. The Morgan fingerprint density at radius 1 is 1.17 bits per heavy atom. The zero-order valence-electron chi connectivity index (χ0n) is 12.8. The Kier molecular flexibility index (Phi) is 5.36. The Labute approximate surface area is 154 Å². The quantitative estimate of drug-likeness (QED) is 0.671. The highest BCUT2D eigenvalue weighted by Crippen LogP contribution is 2.30. The van der Waals surface area contributed by atoms with Crippen molar-refractivity contribution >= 4 is 44.3 Å². The van der Waals surface area contributed by atoms with E-state index in [9.17, 15) is 8.42 Å². The maximum absolute atomic E-state index is 12.4. The van der Waals surface area contributed by atoms with Crippen molar-refractivity contribution in [1.29, 1.82) is 0 Å². The SMILES string of the molecule is Cc1csc(-c2csc(S(=O)(=O)NCCc3ccc(Cl)cc3)c2)n1. The first-order valence-corrected chi connectivity index (χ1v) is 10.8. The van der Waals surface area contributed by atoms with Gasteiger partial charge in [-0.05, 0) is 37.1 Å². The minimum Gasteiger partial charge on any atom is -0.241 e. The maximum Gasteiger partial charge on any atom is 0.250 e. The molecule has 3 rings (SSSR count). The zero-order valence-corrected chi connectivity index (χ0v) is 16.0. The first-order valence-electron chi connectivity index (χ1n) is 7.19. The standard InChI is InChI=1S/C16H15ClN2O2S3/c1-11-9-23-16(19-11)13-8-15(22-10-13)24(20,21)18-7-6-12-2-4-14(17)5-3-12/h2-5,8-10,18H,6-7H2,1H3. The monoisotopic (exact) mass is 398 g/mol. The molecule has 0 atom stereocenters. The molecule has 126 valence electrons. The summed E-state index contributed by atoms with van der Waals surface area (Å²) >= 11 is 8.56. The second kappa shape index (κ2) is 7.33. The summed E-state index contributed by atoms with van der Waals surface area (Å²) in [4.78, 5) is 4.38. The molecule has 0 amide bonds. The van der Waals surface area contributed by atoms with Gasteiger partial charge in [0.15, 0.2) is 0 Å². The zero-order chi connectivity index (χ0) is 17.2. The van der Waals surface area contributed by atoms with E-state index < -0.39 is 10.0 Å². The number of nitrogens with zero attached hydrogens (tertiary/aromatic N) is 1. The number of rotatable bonds is 6. The number of halogens is 1. The average Bonchev–Trinajstić information content (AvgIpc) is 3.18. The summed E-state index contributed by atoms with van der Waals surface area (Å²) in [6.45, 7) is 2.26. The fourth-order valence-electron chi connectivity index (χ4n) is 2.11. The fraction of sp³-hybridized carbons (Fsp3) is 0.188. The minimum atomic E-state index is -3.50. The molecule has 0 aliphatic heterocycles. The topological polar surface area (TPSA) is 59.1 Å². The Balaban J connectivity index is 1.65. The van der Waals surface area contributed by atoms with Crippen LogP contribution in [0.15, 0.2) is 45.3 Å². The van der Waals surface area contributed by atoms with Crippen molar-refractivity contribution < 1.29 is 8.42 Å². The average molecular weight is 399 g/mol. The first-order chi connectivity index (χ1) is 11.4. The van der Waals surface area contributed by atoms with Gasteiger partial charge in [0, 0.05) is 33.6 Å². The third-order valence-corrected chi connectivity index (χ3v) is 7.49. The molecule has 4 nitrogen and oxygen atoms in total. The van der Waals surface area contributed by atoms with Crippen molar-refractivity contribution in [3.8, 4) is 10.6 Å². The second-order valence-corrected chi connectivity index (χ2v) is 9.42. The molecule has 0 aliphatic carbocycles. The summed E-state index contributed by atoms with van der Waals surface area (Å²) in [5.74, 6) is 0. The number of thiazole rings is 1. The highest BCUT2D eigenvalue weighted by molar-refractivity contribution is 7.91. The molecule has 0 spiro atoms. The second-order valence-electron chi connectivity index (χ2n) is 5.22. The van der Waals surface area contributed by atoms with Gasteiger partial charge in [-0.25, -0.2) is 18.1 Å². The molecule has 3 aromatic rings. The molecule has 8 heteroatoms. The summed E-state index contributed by atoms with van der Waals surface area (Å²) in [7, 11) is -3.50. The van der Waals surface area contributed by atoms with Crippen LogP contribution in [0.4, 0.5) is 0 Å². The van der Waals surface area contributed by atoms with Crippen molar-refractivity contribution in [2.45, 2.75) is 17.6 Å². The molecular formula is C16H15ClN2O2S3. The first kappa shape index (κ1) is 17.6. The van der Waals surface area contributed by atoms with Gasteiger partial charge in [0.25, 0.3) is 0 Å². The number of aromatic nitrogens is 1. The van der Waals surface area contributed by atoms with E-state index in [1.54, 1.807) is 18.2 Å². The molecule has 0 saturated carbocycles. The van der Waals surface area contributed by atoms with E-state index in [0.717, 1.165) is 21.8 Å². The van der Waals surface area contributed by atoms with Gasteiger partial charge in [-0.3, -0.25) is 0 Å². The summed E-state index contributed by atoms with van der Waals surface area (Å²) in [5.41, 5.74) is 2.81. The molecule has 1 aromatic carbocycles. The summed E-state index contributed by atoms with van der Waals surface area (Å²) in [6.07, 6.45) is 0.611. The number of aryl methyl sites for hydroxylation is 1. The highest BCUT2D eigenvalue weighted by atomic mass is 35.5. The molecule has 0 aliphatic rings. The van der Waals surface area contributed by atoms with Crippen LogP contribution in [0.3, 0.4) is 0 Å². The number of benzene rings is 1. The normalized spacial score (nSPS) is 11.8. The number of nitrogens with one attached hydrogen (secondary N) is 1. The molecule has 0 fully saturated rings. The molecule has 0 bridgehead atoms. The number of hydrogen-bond donors (Lipinski definition) is 1. The van der Waals surface area contributed by atoms with Crippen LogP contribution in [0, 0.1) is 6.92 Å². The van der Waals surface area contributed by atoms with Gasteiger partial charge in [0.05, 0.1) is 0 Å². The number of thiophene rings is 1. The van der Waals surface area contributed by atoms with Gasteiger partial charge in [0.2, 0.25) is 10.0 Å². The lowest BCUT2D eigenvalue weighted by atomic mass is 10.2. The van der Waals surface area contributed by atoms with Gasteiger partial charge >= 0.3 is 0 Å². The van der Waals surface area contributed by atoms with Crippen LogP contribution in [0.5, 0.6) is 0 Å². The molecule has 0 saturated heterocycles. The summed E-state index contributed by atoms with van der Waals surface area (Å²) in [5, 5.41) is 5.28. The summed E-state index contributed by atoms with van der Waals surface area (Å²) < 4.78 is 27.7. The van der Waals surface area contributed by atoms with Crippen LogP contribution >= 0.6 is 34.3 Å². The van der Waals surface area contributed by atoms with Crippen LogP contribution in [0.2, 0.25) is 5.02 Å². The Hall–Kier alpha value is -1.25. The molecule has 1 N–H and O–H groups in total. The van der Waals surface area contributed by atoms with Gasteiger partial charge in [-0.2, -0.15) is 0 Å². The molecule has 24 heavy (non-hydrogen) atoms. The van der Waals surface area contributed by atoms with E-state index >= 15 is 0 Å². The van der Waals surface area contributed by atoms with Crippen LogP contribution in [0.25, 0.3) is 10.6 Å². The highest BCUT2D eigenvalue weighted by Gasteiger charge is 2.17. The number of hydrogen-bond acceptors (Lipinski definition) is 5. The minimum absolute atomic E-state index is 0.307. The van der Waals surface area contributed by atoms with Gasteiger partial charge < -0.3 is 0 Å². The van der Waals surface area contributed by atoms with Crippen molar-refractivity contribution in [2.75, 3.05) is 6.54 Å². The van der Waals surface area contributed by atoms with E-state index in [2.05, 4.69) is 9.71 Å². The van der Waals surface area contributed by atoms with E-state index in [0.29, 0.717) is 22.2 Å². The third kappa shape index (κ3) is 4.23. The lowest BCUT2D eigenvalue weighted by Crippen LogP contribution is -2.25. The Morgan fingerprint density at radius 2 is 1.92 bits per heavy atom. The Morgan fingerprint density at radius 3 is 2.58 bits per heavy atom. The lowest BCUT2D eigenvalue weighted by Gasteiger charge is -2.05.